The minimum atomic E-state index is -0.796. The first-order valence-corrected chi connectivity index (χ1v) is 18.8. The Morgan fingerprint density at radius 1 is 0.760 bits per heavy atom. The fourth-order valence-corrected chi connectivity index (χ4v) is 11.0. The summed E-state index contributed by atoms with van der Waals surface area (Å²) >= 11 is 0. The van der Waals surface area contributed by atoms with Crippen LogP contribution in [0.2, 0.25) is 0 Å². The Hall–Kier alpha value is -4.76. The van der Waals surface area contributed by atoms with E-state index in [0.717, 1.165) is 28.5 Å². The lowest BCUT2D eigenvalue weighted by atomic mass is 9.54. The average Bonchev–Trinajstić information content (AvgIpc) is 3.82. The molecule has 10 rings (SSSR count). The highest BCUT2D eigenvalue weighted by atomic mass is 16.5. The molecule has 6 aromatic rings. The standard InChI is InChI=1S/C47H45NO2/c1-29-21-26-34(30-13-7-8-14-30)41-40(29)35-17-9-10-18-36(35)43-42(41)38-27-28-47(31-15-5-4-6-16-31,32-22-24-33(49-3)25-23-32)50-46(38)44-37-19-11-12-20-39(37)48(2)45(43)44/h4-6,9-12,15-20,22-25,27-30,34,40-41H,7-8,13-14,21,26H2,1-3H3. The molecule has 0 spiro atoms. The van der Waals surface area contributed by atoms with Crippen molar-refractivity contribution in [1.29, 1.82) is 0 Å². The second-order valence-corrected chi connectivity index (χ2v) is 15.5. The van der Waals surface area contributed by atoms with Crippen LogP contribution < -0.4 is 9.47 Å². The number of hydrogen-bond acceptors (Lipinski definition) is 2. The van der Waals surface area contributed by atoms with Gasteiger partial charge in [0.05, 0.1) is 18.0 Å². The molecule has 3 aliphatic carbocycles. The fraction of sp³-hybridized carbons (Fsp3) is 0.319. The molecule has 50 heavy (non-hydrogen) atoms. The van der Waals surface area contributed by atoms with Gasteiger partial charge >= 0.3 is 0 Å². The smallest absolute Gasteiger partial charge is 0.178 e. The molecule has 2 fully saturated rings. The van der Waals surface area contributed by atoms with Gasteiger partial charge in [0.15, 0.2) is 5.60 Å². The Morgan fingerprint density at radius 2 is 1.48 bits per heavy atom. The van der Waals surface area contributed by atoms with Gasteiger partial charge in [-0.15, -0.1) is 0 Å². The van der Waals surface area contributed by atoms with Crippen LogP contribution in [0.5, 0.6) is 11.5 Å². The van der Waals surface area contributed by atoms with Crippen LogP contribution >= 0.6 is 0 Å². The van der Waals surface area contributed by atoms with Crippen molar-refractivity contribution in [3.63, 3.8) is 0 Å². The van der Waals surface area contributed by atoms with Gasteiger partial charge < -0.3 is 14.0 Å². The lowest BCUT2D eigenvalue weighted by Gasteiger charge is -2.50. The van der Waals surface area contributed by atoms with E-state index in [1.54, 1.807) is 12.7 Å². The summed E-state index contributed by atoms with van der Waals surface area (Å²) in [4.78, 5) is 0. The van der Waals surface area contributed by atoms with E-state index >= 15 is 0 Å². The van der Waals surface area contributed by atoms with Gasteiger partial charge in [0, 0.05) is 40.2 Å². The van der Waals surface area contributed by atoms with Crippen LogP contribution in [0.3, 0.4) is 0 Å². The molecule has 5 atom stereocenters. The monoisotopic (exact) mass is 655 g/mol. The number of hydrogen-bond donors (Lipinski definition) is 0. The molecule has 250 valence electrons. The molecule has 1 aliphatic heterocycles. The molecule has 4 aliphatic rings. The van der Waals surface area contributed by atoms with E-state index in [2.05, 4.69) is 134 Å². The van der Waals surface area contributed by atoms with E-state index in [1.165, 1.54) is 82.6 Å². The van der Waals surface area contributed by atoms with Crippen LogP contribution in [0.1, 0.15) is 85.1 Å². The number of aryl methyl sites for hydroxylation is 1. The lowest BCUT2D eigenvalue weighted by Crippen LogP contribution is -2.38. The van der Waals surface area contributed by atoms with Crippen molar-refractivity contribution in [2.75, 3.05) is 7.11 Å². The van der Waals surface area contributed by atoms with Crippen molar-refractivity contribution in [3.05, 3.63) is 137 Å². The first kappa shape index (κ1) is 30.1. The SMILES string of the molecule is COc1ccc(C2(c3ccccc3)C=Cc3c4c(c5c(c3O2)c2ccccc2n5C)-c2ccccc2C2C(C)CCC(C3CCCC3)C42)cc1. The van der Waals surface area contributed by atoms with Crippen LogP contribution in [0.4, 0.5) is 0 Å². The predicted octanol–water partition coefficient (Wildman–Crippen LogP) is 11.8. The average molecular weight is 656 g/mol. The third kappa shape index (κ3) is 4.16. The maximum Gasteiger partial charge on any atom is 0.178 e. The van der Waals surface area contributed by atoms with E-state index < -0.39 is 5.60 Å². The Morgan fingerprint density at radius 3 is 2.28 bits per heavy atom. The highest BCUT2D eigenvalue weighted by Gasteiger charge is 2.50. The number of aromatic nitrogens is 1. The van der Waals surface area contributed by atoms with Gasteiger partial charge in [-0.25, -0.2) is 0 Å². The Bertz CT molecular complexity index is 2290. The van der Waals surface area contributed by atoms with Gasteiger partial charge in [0.2, 0.25) is 0 Å². The van der Waals surface area contributed by atoms with Crippen molar-refractivity contribution < 1.29 is 9.47 Å². The summed E-state index contributed by atoms with van der Waals surface area (Å²) in [6.45, 7) is 2.53. The molecule has 2 heterocycles. The van der Waals surface area contributed by atoms with E-state index in [0.29, 0.717) is 23.7 Å². The third-order valence-corrected chi connectivity index (χ3v) is 13.2. The number of para-hydroxylation sites is 1. The molecule has 0 radical (unpaired) electrons. The van der Waals surface area contributed by atoms with E-state index in [4.69, 9.17) is 9.47 Å². The van der Waals surface area contributed by atoms with Gasteiger partial charge in [0.25, 0.3) is 0 Å². The summed E-state index contributed by atoms with van der Waals surface area (Å²) in [5.41, 5.74) is 11.2. The van der Waals surface area contributed by atoms with Gasteiger partial charge in [-0.2, -0.15) is 0 Å². The first-order chi connectivity index (χ1) is 24.6. The number of fused-ring (bicyclic) bond motifs is 13. The normalized spacial score (nSPS) is 25.5. The zero-order chi connectivity index (χ0) is 33.6. The summed E-state index contributed by atoms with van der Waals surface area (Å²) < 4.78 is 15.9. The predicted molar refractivity (Wildman–Crippen MR) is 205 cm³/mol. The number of nitrogens with zero attached hydrogens (tertiary/aromatic N) is 1. The van der Waals surface area contributed by atoms with Gasteiger partial charge in [-0.3, -0.25) is 0 Å². The van der Waals surface area contributed by atoms with Crippen LogP contribution in [-0.2, 0) is 12.6 Å². The highest BCUT2D eigenvalue weighted by molar-refractivity contribution is 6.18. The topological polar surface area (TPSA) is 23.4 Å². The molecule has 1 aromatic heterocycles. The summed E-state index contributed by atoms with van der Waals surface area (Å²) in [6, 6.07) is 37.6. The lowest BCUT2D eigenvalue weighted by molar-refractivity contribution is 0.147. The first-order valence-electron chi connectivity index (χ1n) is 18.8. The third-order valence-electron chi connectivity index (χ3n) is 13.2. The number of ether oxygens (including phenoxy) is 2. The molecule has 0 saturated heterocycles. The Balaban J connectivity index is 1.33. The summed E-state index contributed by atoms with van der Waals surface area (Å²) in [5.74, 6) is 4.94. The van der Waals surface area contributed by atoms with Gasteiger partial charge in [0.1, 0.15) is 11.5 Å². The van der Waals surface area contributed by atoms with E-state index in [9.17, 15) is 0 Å². The van der Waals surface area contributed by atoms with Crippen molar-refractivity contribution in [3.8, 4) is 22.6 Å². The molecular weight excluding hydrogens is 611 g/mol. The quantitative estimate of drug-likeness (QED) is 0.189. The van der Waals surface area contributed by atoms with Crippen molar-refractivity contribution in [2.24, 2.45) is 24.8 Å². The second-order valence-electron chi connectivity index (χ2n) is 15.5. The zero-order valence-corrected chi connectivity index (χ0v) is 29.4. The molecule has 3 nitrogen and oxygen atoms in total. The zero-order valence-electron chi connectivity index (χ0n) is 29.4. The van der Waals surface area contributed by atoms with Crippen LogP contribution in [-0.4, -0.2) is 11.7 Å². The maximum absolute atomic E-state index is 7.78. The van der Waals surface area contributed by atoms with Crippen LogP contribution in [0.25, 0.3) is 39.0 Å². The van der Waals surface area contributed by atoms with Crippen LogP contribution in [0, 0.1) is 17.8 Å². The van der Waals surface area contributed by atoms with Crippen molar-refractivity contribution in [1.82, 2.24) is 4.57 Å². The summed E-state index contributed by atoms with van der Waals surface area (Å²) in [6.07, 6.45) is 13.0. The molecule has 2 saturated carbocycles. The number of methoxy groups -OCH3 is 1. The molecule has 0 bridgehead atoms. The molecule has 3 heteroatoms. The van der Waals surface area contributed by atoms with E-state index in [1.807, 2.05) is 0 Å². The van der Waals surface area contributed by atoms with Gasteiger partial charge in [-0.05, 0) is 83.4 Å². The molecule has 5 unspecified atom stereocenters. The van der Waals surface area contributed by atoms with E-state index in [-0.39, 0.29) is 0 Å². The Kier molecular flexibility index (Phi) is 6.85. The van der Waals surface area contributed by atoms with Crippen LogP contribution in [0.15, 0.2) is 109 Å². The van der Waals surface area contributed by atoms with Crippen molar-refractivity contribution >= 4 is 27.9 Å². The second kappa shape index (κ2) is 11.4. The largest absolute Gasteiger partial charge is 0.497 e. The summed E-state index contributed by atoms with van der Waals surface area (Å²) in [7, 11) is 4.00. The molecule has 5 aromatic carbocycles. The van der Waals surface area contributed by atoms with Gasteiger partial charge in [-0.1, -0.05) is 124 Å². The minimum Gasteiger partial charge on any atom is -0.497 e. The Labute approximate surface area is 295 Å². The maximum atomic E-state index is 7.78. The molecule has 0 amide bonds. The highest BCUT2D eigenvalue weighted by Crippen LogP contribution is 2.64. The fourth-order valence-electron chi connectivity index (χ4n) is 11.0. The molecule has 0 N–H and O–H groups in total. The number of benzene rings is 5. The van der Waals surface area contributed by atoms with Crippen molar-refractivity contribution in [2.45, 2.75) is 62.9 Å². The summed E-state index contributed by atoms with van der Waals surface area (Å²) in [5, 5.41) is 2.48. The molecular formula is C47H45NO2. The minimum absolute atomic E-state index is 0.460. The number of rotatable bonds is 4.